The van der Waals surface area contributed by atoms with Gasteiger partial charge in [-0.1, -0.05) is 0 Å². The van der Waals surface area contributed by atoms with Gasteiger partial charge < -0.3 is 15.2 Å². The Bertz CT molecular complexity index is 826. The van der Waals surface area contributed by atoms with Gasteiger partial charge >= 0.3 is 0 Å². The van der Waals surface area contributed by atoms with Gasteiger partial charge in [0, 0.05) is 12.6 Å². The molecule has 1 amide bonds. The molecular formula is C22H34F4N2O5S. The van der Waals surface area contributed by atoms with Crippen LogP contribution < -0.4 is 5.32 Å². The SMILES string of the molecule is O=C(NC1CCC2O[C@H](CO)CN(S(=O)(=O)C3CCC(F)C(F)C3)C2C1)C1C(F)CCCC1F. The van der Waals surface area contributed by atoms with Crippen molar-refractivity contribution < 1.29 is 40.6 Å². The maximum absolute atomic E-state index is 14.2. The minimum absolute atomic E-state index is 0.0000762. The van der Waals surface area contributed by atoms with Gasteiger partial charge in [0.1, 0.15) is 30.6 Å². The fraction of sp³-hybridized carbons (Fsp3) is 0.955. The maximum atomic E-state index is 14.2. The van der Waals surface area contributed by atoms with Gasteiger partial charge in [0.05, 0.1) is 30.1 Å². The monoisotopic (exact) mass is 514 g/mol. The predicted molar refractivity (Wildman–Crippen MR) is 116 cm³/mol. The third-order valence-corrected chi connectivity index (χ3v) is 10.2. The largest absolute Gasteiger partial charge is 0.394 e. The molecular weight excluding hydrogens is 480 g/mol. The molecule has 4 fully saturated rings. The zero-order valence-electron chi connectivity index (χ0n) is 19.0. The summed E-state index contributed by atoms with van der Waals surface area (Å²) in [4.78, 5) is 12.7. The molecule has 1 saturated heterocycles. The van der Waals surface area contributed by atoms with E-state index >= 15 is 0 Å². The second-order valence-corrected chi connectivity index (χ2v) is 12.3. The molecule has 0 radical (unpaired) electrons. The van der Waals surface area contributed by atoms with Crippen LogP contribution in [-0.4, -0.2) is 91.1 Å². The van der Waals surface area contributed by atoms with E-state index in [-0.39, 0.29) is 38.6 Å². The highest BCUT2D eigenvalue weighted by molar-refractivity contribution is 7.89. The van der Waals surface area contributed by atoms with E-state index in [0.29, 0.717) is 19.3 Å². The summed E-state index contributed by atoms with van der Waals surface area (Å²) in [6.07, 6.45) is -6.90. The van der Waals surface area contributed by atoms with Crippen molar-refractivity contribution in [1.29, 1.82) is 0 Å². The van der Waals surface area contributed by atoms with Crippen LogP contribution in [-0.2, 0) is 19.6 Å². The molecule has 2 N–H and O–H groups in total. The third-order valence-electron chi connectivity index (χ3n) is 7.86. The Balaban J connectivity index is 1.48. The Morgan fingerprint density at radius 1 is 0.941 bits per heavy atom. The predicted octanol–water partition coefficient (Wildman–Crippen LogP) is 2.12. The Hall–Kier alpha value is -0.980. The lowest BCUT2D eigenvalue weighted by Gasteiger charge is -2.49. The topological polar surface area (TPSA) is 95.9 Å². The van der Waals surface area contributed by atoms with Gasteiger partial charge in [-0.05, 0) is 57.8 Å². The molecule has 3 aliphatic carbocycles. The van der Waals surface area contributed by atoms with Gasteiger partial charge in [-0.2, -0.15) is 4.31 Å². The molecule has 8 unspecified atom stereocenters. The number of carbonyl (C=O) groups is 1. The molecule has 1 heterocycles. The zero-order chi connectivity index (χ0) is 24.6. The normalized spacial score (nSPS) is 44.3. The standard InChI is InChI=1S/C22H34F4N2O5S/c23-15-6-5-14(9-18(15)26)34(31,32)28-10-13(11-29)33-20-7-4-12(8-19(20)28)27-22(30)21-16(24)2-1-3-17(21)25/h12-21,29H,1-11H2,(H,27,30)/t12?,13-,14?,15?,16?,17?,18?,19?,20?,21?/m0/s1. The van der Waals surface area contributed by atoms with Crippen LogP contribution >= 0.6 is 0 Å². The van der Waals surface area contributed by atoms with E-state index in [4.69, 9.17) is 4.74 Å². The van der Waals surface area contributed by atoms with Crippen molar-refractivity contribution in [2.24, 2.45) is 5.92 Å². The van der Waals surface area contributed by atoms with Crippen LogP contribution in [0.15, 0.2) is 0 Å². The second-order valence-electron chi connectivity index (χ2n) is 10.1. The van der Waals surface area contributed by atoms with Gasteiger partial charge in [0.25, 0.3) is 0 Å². The van der Waals surface area contributed by atoms with Crippen LogP contribution in [0, 0.1) is 5.92 Å². The summed E-state index contributed by atoms with van der Waals surface area (Å²) in [6.45, 7) is -0.523. The Morgan fingerprint density at radius 2 is 1.65 bits per heavy atom. The van der Waals surface area contributed by atoms with E-state index in [1.807, 2.05) is 0 Å². The molecule has 0 bridgehead atoms. The number of hydrogen-bond acceptors (Lipinski definition) is 5. The molecule has 0 aromatic heterocycles. The van der Waals surface area contributed by atoms with E-state index in [2.05, 4.69) is 5.32 Å². The molecule has 0 aromatic rings. The maximum Gasteiger partial charge on any atom is 0.229 e. The minimum atomic E-state index is -4.04. The van der Waals surface area contributed by atoms with E-state index in [0.717, 1.165) is 0 Å². The molecule has 196 valence electrons. The van der Waals surface area contributed by atoms with Crippen LogP contribution in [0.3, 0.4) is 0 Å². The number of fused-ring (bicyclic) bond motifs is 1. The van der Waals surface area contributed by atoms with Crippen LogP contribution in [0.5, 0.6) is 0 Å². The highest BCUT2D eigenvalue weighted by Crippen LogP contribution is 2.38. The van der Waals surface area contributed by atoms with Crippen molar-refractivity contribution >= 4 is 15.9 Å². The van der Waals surface area contributed by atoms with Gasteiger partial charge in [-0.25, -0.2) is 26.0 Å². The number of alkyl halides is 4. The lowest BCUT2D eigenvalue weighted by atomic mass is 9.83. The molecule has 7 nitrogen and oxygen atoms in total. The summed E-state index contributed by atoms with van der Waals surface area (Å²) in [5.74, 6) is -2.07. The fourth-order valence-corrected chi connectivity index (χ4v) is 8.17. The molecule has 3 saturated carbocycles. The fourth-order valence-electron chi connectivity index (χ4n) is 5.96. The summed E-state index contributed by atoms with van der Waals surface area (Å²) in [5.41, 5.74) is 0. The number of carbonyl (C=O) groups excluding carboxylic acids is 1. The first-order valence-corrected chi connectivity index (χ1v) is 13.8. The van der Waals surface area contributed by atoms with Crippen LogP contribution in [0.25, 0.3) is 0 Å². The van der Waals surface area contributed by atoms with E-state index < -0.39 is 89.1 Å². The number of nitrogens with one attached hydrogen (secondary N) is 1. The minimum Gasteiger partial charge on any atom is -0.394 e. The van der Waals surface area contributed by atoms with E-state index in [1.54, 1.807) is 0 Å². The van der Waals surface area contributed by atoms with E-state index in [1.165, 1.54) is 4.31 Å². The number of amides is 1. The van der Waals surface area contributed by atoms with Crippen LogP contribution in [0.4, 0.5) is 17.6 Å². The van der Waals surface area contributed by atoms with Crippen LogP contribution in [0.2, 0.25) is 0 Å². The van der Waals surface area contributed by atoms with Crippen molar-refractivity contribution in [2.75, 3.05) is 13.2 Å². The van der Waals surface area contributed by atoms with Gasteiger partial charge in [-0.15, -0.1) is 0 Å². The highest BCUT2D eigenvalue weighted by Gasteiger charge is 2.50. The third kappa shape index (κ3) is 5.24. The van der Waals surface area contributed by atoms with Gasteiger partial charge in [0.2, 0.25) is 15.9 Å². The highest BCUT2D eigenvalue weighted by atomic mass is 32.2. The number of sulfonamides is 1. The molecule has 0 spiro atoms. The Morgan fingerprint density at radius 3 is 2.29 bits per heavy atom. The number of halogens is 4. The smallest absolute Gasteiger partial charge is 0.229 e. The molecule has 0 aromatic carbocycles. The number of hydrogen-bond donors (Lipinski definition) is 2. The summed E-state index contributed by atoms with van der Waals surface area (Å²) >= 11 is 0. The lowest BCUT2D eigenvalue weighted by molar-refractivity contribution is -0.137. The molecule has 1 aliphatic heterocycles. The summed E-state index contributed by atoms with van der Waals surface area (Å²) in [6, 6.07) is -1.18. The Labute approximate surface area is 197 Å². The number of nitrogens with zero attached hydrogens (tertiary/aromatic N) is 1. The second kappa shape index (κ2) is 10.6. The quantitative estimate of drug-likeness (QED) is 0.548. The zero-order valence-corrected chi connectivity index (χ0v) is 19.8. The first kappa shape index (κ1) is 26.1. The number of aliphatic hydroxyl groups excluding tert-OH is 1. The average Bonchev–Trinajstić information content (AvgIpc) is 2.79. The average molecular weight is 515 g/mol. The van der Waals surface area contributed by atoms with Crippen molar-refractivity contribution in [3.05, 3.63) is 0 Å². The molecule has 4 rings (SSSR count). The molecule has 12 heteroatoms. The van der Waals surface area contributed by atoms with Crippen molar-refractivity contribution in [3.8, 4) is 0 Å². The van der Waals surface area contributed by atoms with Gasteiger partial charge in [0.15, 0.2) is 0 Å². The Kier molecular flexibility index (Phi) is 8.10. The van der Waals surface area contributed by atoms with Crippen molar-refractivity contribution in [2.45, 2.75) is 112 Å². The number of aliphatic hydroxyl groups is 1. The molecule has 9 atom stereocenters. The van der Waals surface area contributed by atoms with Gasteiger partial charge in [-0.3, -0.25) is 4.79 Å². The first-order chi connectivity index (χ1) is 16.1. The summed E-state index contributed by atoms with van der Waals surface area (Å²) in [5, 5.41) is 11.3. The number of ether oxygens (including phenoxy) is 1. The van der Waals surface area contributed by atoms with Crippen molar-refractivity contribution in [3.63, 3.8) is 0 Å². The lowest BCUT2D eigenvalue weighted by Crippen LogP contribution is -2.63. The van der Waals surface area contributed by atoms with Crippen molar-refractivity contribution in [1.82, 2.24) is 9.62 Å². The summed E-state index contributed by atoms with van der Waals surface area (Å²) < 4.78 is 90.2. The summed E-state index contributed by atoms with van der Waals surface area (Å²) in [7, 11) is -4.04. The number of rotatable bonds is 5. The van der Waals surface area contributed by atoms with Crippen LogP contribution in [0.1, 0.15) is 57.8 Å². The van der Waals surface area contributed by atoms with E-state index in [9.17, 15) is 35.9 Å². The first-order valence-electron chi connectivity index (χ1n) is 12.3. The molecule has 34 heavy (non-hydrogen) atoms. The molecule has 4 aliphatic rings. The number of morpholine rings is 1.